The summed E-state index contributed by atoms with van der Waals surface area (Å²) < 4.78 is 52.4. The topological polar surface area (TPSA) is 56.1 Å². The van der Waals surface area contributed by atoms with Crippen LogP contribution in [0.15, 0.2) is 24.4 Å². The van der Waals surface area contributed by atoms with Gasteiger partial charge in [0.15, 0.2) is 5.78 Å². The Balaban J connectivity index is 1.58. The van der Waals surface area contributed by atoms with Crippen LogP contribution >= 0.6 is 22.9 Å². The zero-order valence-corrected chi connectivity index (χ0v) is 20.3. The normalized spacial score (nSPS) is 18.8. The Labute approximate surface area is 203 Å². The van der Waals surface area contributed by atoms with Crippen LogP contribution in [0.5, 0.6) is 0 Å². The average molecular weight is 510 g/mol. The van der Waals surface area contributed by atoms with Gasteiger partial charge in [0.1, 0.15) is 23.7 Å². The second kappa shape index (κ2) is 8.48. The third kappa shape index (κ3) is 3.79. The first-order valence-electron chi connectivity index (χ1n) is 11.0. The number of aryl methyl sites for hydroxylation is 1. The SMILES string of the molecule is CC(=O)c1cccc(F)c1-n1cc(Cc2c(Cl)sc3c2C(F)(F)COC32CCNCC2)c(C)n1. The summed E-state index contributed by atoms with van der Waals surface area (Å²) in [6.45, 7) is 3.76. The van der Waals surface area contributed by atoms with Crippen molar-refractivity contribution in [1.82, 2.24) is 15.1 Å². The first kappa shape index (κ1) is 23.5. The molecule has 10 heteroatoms. The number of aromatic nitrogens is 2. The molecule has 0 amide bonds. The largest absolute Gasteiger partial charge is 0.363 e. The summed E-state index contributed by atoms with van der Waals surface area (Å²) in [5.41, 5.74) is 0.959. The number of fused-ring (bicyclic) bond motifs is 2. The van der Waals surface area contributed by atoms with Crippen LogP contribution in [0, 0.1) is 12.7 Å². The molecule has 2 aromatic heterocycles. The van der Waals surface area contributed by atoms with Gasteiger partial charge >= 0.3 is 0 Å². The van der Waals surface area contributed by atoms with E-state index < -0.39 is 23.9 Å². The minimum absolute atomic E-state index is 0.0372. The smallest absolute Gasteiger partial charge is 0.297 e. The third-order valence-electron chi connectivity index (χ3n) is 6.64. The van der Waals surface area contributed by atoms with E-state index in [1.807, 2.05) is 0 Å². The number of ether oxygens (including phenoxy) is 1. The zero-order valence-electron chi connectivity index (χ0n) is 18.7. The molecule has 0 aliphatic carbocycles. The Morgan fingerprint density at radius 1 is 1.32 bits per heavy atom. The molecular weight excluding hydrogens is 487 g/mol. The van der Waals surface area contributed by atoms with Crippen molar-refractivity contribution >= 4 is 28.7 Å². The summed E-state index contributed by atoms with van der Waals surface area (Å²) in [5, 5.41) is 7.64. The number of carbonyl (C=O) groups is 1. The van der Waals surface area contributed by atoms with Crippen LogP contribution in [0.1, 0.15) is 57.4 Å². The molecule has 2 aliphatic rings. The van der Waals surface area contributed by atoms with Gasteiger partial charge in [-0.1, -0.05) is 17.7 Å². The molecule has 2 aliphatic heterocycles. The highest BCUT2D eigenvalue weighted by Crippen LogP contribution is 2.54. The molecule has 0 radical (unpaired) electrons. The summed E-state index contributed by atoms with van der Waals surface area (Å²) in [6.07, 6.45) is 2.90. The Kier molecular flexibility index (Phi) is 5.87. The van der Waals surface area contributed by atoms with Gasteiger partial charge in [0.25, 0.3) is 5.92 Å². The third-order valence-corrected chi connectivity index (χ3v) is 8.31. The lowest BCUT2D eigenvalue weighted by Gasteiger charge is -2.42. The van der Waals surface area contributed by atoms with Gasteiger partial charge in [0, 0.05) is 28.6 Å². The van der Waals surface area contributed by atoms with E-state index >= 15 is 8.78 Å². The molecule has 0 bridgehead atoms. The number of alkyl halides is 2. The van der Waals surface area contributed by atoms with Gasteiger partial charge in [0.2, 0.25) is 0 Å². The van der Waals surface area contributed by atoms with Gasteiger partial charge in [0.05, 0.1) is 10.0 Å². The molecule has 3 aromatic rings. The number of carbonyl (C=O) groups excluding carboxylic acids is 1. The molecule has 180 valence electrons. The predicted molar refractivity (Wildman–Crippen MR) is 124 cm³/mol. The Bertz CT molecular complexity index is 1280. The highest BCUT2D eigenvalue weighted by Gasteiger charge is 2.52. The molecule has 5 nitrogen and oxygen atoms in total. The number of piperidine rings is 1. The molecule has 0 unspecified atom stereocenters. The molecule has 34 heavy (non-hydrogen) atoms. The number of benzene rings is 1. The first-order chi connectivity index (χ1) is 16.1. The van der Waals surface area contributed by atoms with E-state index in [1.165, 1.54) is 29.8 Å². The number of thiophene rings is 1. The molecule has 0 atom stereocenters. The van der Waals surface area contributed by atoms with E-state index in [2.05, 4.69) is 10.4 Å². The summed E-state index contributed by atoms with van der Waals surface area (Å²) >= 11 is 7.73. The summed E-state index contributed by atoms with van der Waals surface area (Å²) in [4.78, 5) is 12.5. The molecule has 1 fully saturated rings. The number of halogens is 4. The maximum Gasteiger partial charge on any atom is 0.297 e. The number of Topliss-reactive ketones (excluding diaryl/α,β-unsaturated/α-hetero) is 1. The lowest BCUT2D eigenvalue weighted by Crippen LogP contribution is -2.47. The monoisotopic (exact) mass is 509 g/mol. The molecule has 1 spiro atoms. The van der Waals surface area contributed by atoms with Crippen LogP contribution in [0.4, 0.5) is 13.2 Å². The molecule has 1 N–H and O–H groups in total. The van der Waals surface area contributed by atoms with Crippen molar-refractivity contribution in [2.75, 3.05) is 19.7 Å². The lowest BCUT2D eigenvalue weighted by molar-refractivity contribution is -0.175. The first-order valence-corrected chi connectivity index (χ1v) is 12.2. The average Bonchev–Trinajstić information content (AvgIpc) is 3.33. The fraction of sp³-hybridized carbons (Fsp3) is 0.417. The number of hydrogen-bond acceptors (Lipinski definition) is 5. The summed E-state index contributed by atoms with van der Waals surface area (Å²) in [7, 11) is 0. The molecule has 4 heterocycles. The van der Waals surface area contributed by atoms with E-state index in [1.54, 1.807) is 13.1 Å². The highest BCUT2D eigenvalue weighted by atomic mass is 35.5. The van der Waals surface area contributed by atoms with Crippen molar-refractivity contribution in [3.8, 4) is 5.69 Å². The van der Waals surface area contributed by atoms with Gasteiger partial charge in [-0.15, -0.1) is 11.3 Å². The Hall–Kier alpha value is -2.20. The predicted octanol–water partition coefficient (Wildman–Crippen LogP) is 5.53. The van der Waals surface area contributed by atoms with E-state index in [0.717, 1.165) is 11.3 Å². The van der Waals surface area contributed by atoms with Gasteiger partial charge in [-0.05, 0) is 63.0 Å². The number of nitrogens with zero attached hydrogens (tertiary/aromatic N) is 2. The van der Waals surface area contributed by atoms with Crippen LogP contribution in [0.2, 0.25) is 4.34 Å². The van der Waals surface area contributed by atoms with Gasteiger partial charge in [-0.3, -0.25) is 4.79 Å². The van der Waals surface area contributed by atoms with Crippen molar-refractivity contribution in [2.24, 2.45) is 0 Å². The van der Waals surface area contributed by atoms with E-state index in [4.69, 9.17) is 16.3 Å². The van der Waals surface area contributed by atoms with Crippen molar-refractivity contribution in [3.05, 3.63) is 67.4 Å². The summed E-state index contributed by atoms with van der Waals surface area (Å²) in [5.74, 6) is -4.06. The molecular formula is C24H23ClF3N3O2S. The molecule has 1 saturated heterocycles. The number of rotatable bonds is 4. The lowest BCUT2D eigenvalue weighted by atomic mass is 9.83. The van der Waals surface area contributed by atoms with Gasteiger partial charge < -0.3 is 10.1 Å². The Morgan fingerprint density at radius 3 is 2.76 bits per heavy atom. The minimum atomic E-state index is -3.17. The fourth-order valence-electron chi connectivity index (χ4n) is 4.88. The van der Waals surface area contributed by atoms with Crippen LogP contribution in [0.3, 0.4) is 0 Å². The van der Waals surface area contributed by atoms with Crippen molar-refractivity contribution < 1.29 is 22.7 Å². The number of para-hydroxylation sites is 1. The zero-order chi connectivity index (χ0) is 24.3. The van der Waals surface area contributed by atoms with Crippen molar-refractivity contribution in [1.29, 1.82) is 0 Å². The molecule has 1 aromatic carbocycles. The standard InChI is InChI=1S/C24H23ClF3N3O2S/c1-13-15(11-31(30-13)20-16(14(2)32)4-3-5-18(20)26)10-17-19-21(34-22(17)25)23(6-8-29-9-7-23)33-12-24(19,27)28/h3-5,11,29H,6-10,12H2,1-2H3. The Morgan fingerprint density at radius 2 is 2.06 bits per heavy atom. The van der Waals surface area contributed by atoms with Crippen LogP contribution in [-0.2, 0) is 22.7 Å². The quantitative estimate of drug-likeness (QED) is 0.470. The summed E-state index contributed by atoms with van der Waals surface area (Å²) in [6, 6.07) is 4.25. The minimum Gasteiger partial charge on any atom is -0.363 e. The van der Waals surface area contributed by atoms with E-state index in [9.17, 15) is 9.18 Å². The van der Waals surface area contributed by atoms with Crippen molar-refractivity contribution in [2.45, 2.75) is 44.6 Å². The second-order valence-corrected chi connectivity index (χ2v) is 10.5. The van der Waals surface area contributed by atoms with Crippen LogP contribution < -0.4 is 5.32 Å². The van der Waals surface area contributed by atoms with Crippen molar-refractivity contribution in [3.63, 3.8) is 0 Å². The van der Waals surface area contributed by atoms with Gasteiger partial charge in [-0.2, -0.15) is 13.9 Å². The number of hydrogen-bond donors (Lipinski definition) is 1. The second-order valence-electron chi connectivity index (χ2n) is 8.85. The number of ketones is 1. The maximum absolute atomic E-state index is 15.2. The highest BCUT2D eigenvalue weighted by molar-refractivity contribution is 7.16. The van der Waals surface area contributed by atoms with E-state index in [0.29, 0.717) is 52.0 Å². The fourth-order valence-corrected chi connectivity index (χ4v) is 6.57. The van der Waals surface area contributed by atoms with Crippen LogP contribution in [0.25, 0.3) is 5.69 Å². The maximum atomic E-state index is 15.2. The van der Waals surface area contributed by atoms with Crippen LogP contribution in [-0.4, -0.2) is 35.3 Å². The van der Waals surface area contributed by atoms with Gasteiger partial charge in [-0.25, -0.2) is 9.07 Å². The molecule has 0 saturated carbocycles. The van der Waals surface area contributed by atoms with E-state index in [-0.39, 0.29) is 29.0 Å². The number of nitrogens with one attached hydrogen (secondary N) is 1. The molecule has 5 rings (SSSR count).